The first-order valence-electron chi connectivity index (χ1n) is 7.95. The van der Waals surface area contributed by atoms with Gasteiger partial charge in [-0.15, -0.1) is 11.3 Å². The monoisotopic (exact) mass is 385 g/mol. The molecule has 0 unspecified atom stereocenters. The Labute approximate surface area is 159 Å². The first-order chi connectivity index (χ1) is 12.6. The Morgan fingerprint density at radius 2 is 2.00 bits per heavy atom. The molecule has 0 saturated heterocycles. The zero-order chi connectivity index (χ0) is 18.4. The van der Waals surface area contributed by atoms with E-state index in [2.05, 4.69) is 10.4 Å². The summed E-state index contributed by atoms with van der Waals surface area (Å²) >= 11 is 7.45. The lowest BCUT2D eigenvalue weighted by Crippen LogP contribution is -2.31. The molecule has 0 radical (unpaired) electrons. The Bertz CT molecular complexity index is 963. The molecule has 1 aromatic carbocycles. The lowest BCUT2D eigenvalue weighted by atomic mass is 10.1. The average Bonchev–Trinajstić information content (AvgIpc) is 3.16. The Morgan fingerprint density at radius 1 is 1.19 bits per heavy atom. The fourth-order valence-electron chi connectivity index (χ4n) is 2.27. The third kappa shape index (κ3) is 4.91. The fraction of sp³-hybridized carbons (Fsp3) is 0.105. The lowest BCUT2D eigenvalue weighted by Gasteiger charge is -2.08. The van der Waals surface area contributed by atoms with Gasteiger partial charge in [-0.25, -0.2) is 4.68 Å². The highest BCUT2D eigenvalue weighted by molar-refractivity contribution is 7.10. The zero-order valence-electron chi connectivity index (χ0n) is 13.8. The molecule has 0 aliphatic carbocycles. The molecule has 2 aromatic heterocycles. The van der Waals surface area contributed by atoms with E-state index in [4.69, 9.17) is 11.6 Å². The number of nitrogens with zero attached hydrogens (tertiary/aromatic N) is 2. The highest BCUT2D eigenvalue weighted by Gasteiger charge is 2.04. The van der Waals surface area contributed by atoms with E-state index in [1.165, 1.54) is 16.8 Å². The van der Waals surface area contributed by atoms with Gasteiger partial charge in [0.05, 0.1) is 12.2 Å². The molecule has 2 heterocycles. The zero-order valence-corrected chi connectivity index (χ0v) is 15.3. The van der Waals surface area contributed by atoms with E-state index in [0.29, 0.717) is 23.8 Å². The van der Waals surface area contributed by atoms with Crippen LogP contribution < -0.4 is 10.9 Å². The maximum Gasteiger partial charge on any atom is 0.266 e. The Balaban J connectivity index is 1.61. The van der Waals surface area contributed by atoms with Gasteiger partial charge in [-0.1, -0.05) is 29.8 Å². The quantitative estimate of drug-likeness (QED) is 0.661. The van der Waals surface area contributed by atoms with Gasteiger partial charge >= 0.3 is 0 Å². The predicted molar refractivity (Wildman–Crippen MR) is 105 cm³/mol. The van der Waals surface area contributed by atoms with Crippen molar-refractivity contribution in [3.05, 3.63) is 80.2 Å². The van der Waals surface area contributed by atoms with E-state index in [9.17, 15) is 9.59 Å². The second-order valence-corrected chi connectivity index (χ2v) is 6.84. The number of halogens is 1. The molecule has 0 bridgehead atoms. The maximum atomic E-state index is 12.0. The van der Waals surface area contributed by atoms with Crippen LogP contribution in [0.3, 0.4) is 0 Å². The van der Waals surface area contributed by atoms with Crippen LogP contribution in [-0.2, 0) is 11.3 Å². The number of benzene rings is 1. The van der Waals surface area contributed by atoms with Crippen LogP contribution in [0.2, 0.25) is 5.02 Å². The van der Waals surface area contributed by atoms with Crippen molar-refractivity contribution in [2.24, 2.45) is 0 Å². The number of rotatable bonds is 6. The maximum absolute atomic E-state index is 12.0. The Kier molecular flexibility index (Phi) is 5.99. The molecule has 0 spiro atoms. The number of carbonyl (C=O) groups excluding carboxylic acids is 1. The van der Waals surface area contributed by atoms with Crippen LogP contribution >= 0.6 is 22.9 Å². The summed E-state index contributed by atoms with van der Waals surface area (Å²) in [5.41, 5.74) is 1.32. The minimum absolute atomic E-state index is 0.208. The molecule has 5 nitrogen and oxygen atoms in total. The minimum Gasteiger partial charge on any atom is -0.351 e. The molecule has 0 saturated carbocycles. The van der Waals surface area contributed by atoms with Gasteiger partial charge in [0.2, 0.25) is 5.91 Å². The standard InChI is InChI=1S/C19H16ClN3O2S/c20-15-5-3-14(4-6-15)17-8-10-19(25)23(22-17)12-11-21-18(24)9-7-16-2-1-13-26-16/h1-10,13H,11-12H2,(H,21,24). The van der Waals surface area contributed by atoms with Crippen LogP contribution in [0.4, 0.5) is 0 Å². The first kappa shape index (κ1) is 18.1. The molecule has 3 aromatic rings. The molecule has 7 heteroatoms. The van der Waals surface area contributed by atoms with Gasteiger partial charge in [0.1, 0.15) is 0 Å². The van der Waals surface area contributed by atoms with Crippen molar-refractivity contribution in [2.75, 3.05) is 6.54 Å². The topological polar surface area (TPSA) is 64.0 Å². The third-order valence-electron chi connectivity index (χ3n) is 3.57. The van der Waals surface area contributed by atoms with Gasteiger partial charge in [-0.3, -0.25) is 9.59 Å². The van der Waals surface area contributed by atoms with Gasteiger partial charge in [0.25, 0.3) is 5.56 Å². The smallest absolute Gasteiger partial charge is 0.266 e. The molecule has 1 N–H and O–H groups in total. The number of hydrogen-bond donors (Lipinski definition) is 1. The van der Waals surface area contributed by atoms with E-state index in [1.807, 2.05) is 29.6 Å². The van der Waals surface area contributed by atoms with Gasteiger partial charge in [-0.05, 0) is 35.7 Å². The van der Waals surface area contributed by atoms with Crippen LogP contribution in [0.5, 0.6) is 0 Å². The molecule has 1 amide bonds. The van der Waals surface area contributed by atoms with Crippen molar-refractivity contribution in [1.29, 1.82) is 0 Å². The highest BCUT2D eigenvalue weighted by Crippen LogP contribution is 2.18. The Hall–Kier alpha value is -2.70. The number of hydrogen-bond acceptors (Lipinski definition) is 4. The summed E-state index contributed by atoms with van der Waals surface area (Å²) < 4.78 is 1.34. The number of nitrogens with one attached hydrogen (secondary N) is 1. The molecular weight excluding hydrogens is 370 g/mol. The largest absolute Gasteiger partial charge is 0.351 e. The minimum atomic E-state index is -0.217. The van der Waals surface area contributed by atoms with Gasteiger partial charge in [-0.2, -0.15) is 5.10 Å². The van der Waals surface area contributed by atoms with E-state index in [-0.39, 0.29) is 11.5 Å². The lowest BCUT2D eigenvalue weighted by molar-refractivity contribution is -0.116. The van der Waals surface area contributed by atoms with Crippen molar-refractivity contribution in [3.8, 4) is 11.3 Å². The Morgan fingerprint density at radius 3 is 2.73 bits per heavy atom. The molecule has 0 atom stereocenters. The molecule has 132 valence electrons. The van der Waals surface area contributed by atoms with E-state index < -0.39 is 0 Å². The second kappa shape index (κ2) is 8.60. The fourth-order valence-corrected chi connectivity index (χ4v) is 3.02. The summed E-state index contributed by atoms with van der Waals surface area (Å²) in [4.78, 5) is 24.8. The van der Waals surface area contributed by atoms with Gasteiger partial charge < -0.3 is 5.32 Å². The van der Waals surface area contributed by atoms with Crippen LogP contribution in [0.15, 0.2) is 64.8 Å². The van der Waals surface area contributed by atoms with E-state index >= 15 is 0 Å². The summed E-state index contributed by atoms with van der Waals surface area (Å²) in [5.74, 6) is -0.208. The SMILES string of the molecule is O=C(C=Cc1cccs1)NCCn1nc(-c2ccc(Cl)cc2)ccc1=O. The number of amides is 1. The highest BCUT2D eigenvalue weighted by atomic mass is 35.5. The van der Waals surface area contributed by atoms with Crippen LogP contribution in [0.25, 0.3) is 17.3 Å². The van der Waals surface area contributed by atoms with Crippen molar-refractivity contribution in [2.45, 2.75) is 6.54 Å². The van der Waals surface area contributed by atoms with E-state index in [0.717, 1.165) is 10.4 Å². The molecule has 3 rings (SSSR count). The third-order valence-corrected chi connectivity index (χ3v) is 4.66. The van der Waals surface area contributed by atoms with Crippen LogP contribution in [-0.4, -0.2) is 22.2 Å². The van der Waals surface area contributed by atoms with Crippen LogP contribution in [0.1, 0.15) is 4.88 Å². The second-order valence-electron chi connectivity index (χ2n) is 5.43. The predicted octanol–water partition coefficient (Wildman–Crippen LogP) is 3.45. The average molecular weight is 386 g/mol. The van der Waals surface area contributed by atoms with Gasteiger partial charge in [0, 0.05) is 34.2 Å². The number of thiophene rings is 1. The summed E-state index contributed by atoms with van der Waals surface area (Å²) in [5, 5.41) is 9.69. The summed E-state index contributed by atoms with van der Waals surface area (Å²) in [7, 11) is 0. The van der Waals surface area contributed by atoms with Crippen molar-refractivity contribution in [1.82, 2.24) is 15.1 Å². The van der Waals surface area contributed by atoms with Crippen molar-refractivity contribution in [3.63, 3.8) is 0 Å². The molecule has 26 heavy (non-hydrogen) atoms. The molecular formula is C19H16ClN3O2S. The van der Waals surface area contributed by atoms with Crippen molar-refractivity contribution < 1.29 is 4.79 Å². The van der Waals surface area contributed by atoms with Crippen molar-refractivity contribution >= 4 is 34.9 Å². The molecule has 0 aliphatic rings. The number of carbonyl (C=O) groups is 1. The molecule has 0 fully saturated rings. The normalized spacial score (nSPS) is 11.0. The van der Waals surface area contributed by atoms with E-state index in [1.54, 1.807) is 35.6 Å². The van der Waals surface area contributed by atoms with Gasteiger partial charge in [0.15, 0.2) is 0 Å². The summed E-state index contributed by atoms with van der Waals surface area (Å²) in [6.07, 6.45) is 3.23. The number of aromatic nitrogens is 2. The summed E-state index contributed by atoms with van der Waals surface area (Å²) in [6.45, 7) is 0.601. The first-order valence-corrected chi connectivity index (χ1v) is 9.21. The molecule has 0 aliphatic heterocycles. The summed E-state index contributed by atoms with van der Waals surface area (Å²) in [6, 6.07) is 14.2. The van der Waals surface area contributed by atoms with Crippen LogP contribution in [0, 0.1) is 0 Å².